The van der Waals surface area contributed by atoms with E-state index in [1.165, 1.54) is 35.3 Å². The van der Waals surface area contributed by atoms with Crippen LogP contribution in [0.5, 0.6) is 5.75 Å². The van der Waals surface area contributed by atoms with E-state index in [0.29, 0.717) is 29.7 Å². The van der Waals surface area contributed by atoms with Gasteiger partial charge in [0.25, 0.3) is 0 Å². The first-order valence-electron chi connectivity index (χ1n) is 9.36. The summed E-state index contributed by atoms with van der Waals surface area (Å²) in [4.78, 5) is 12.5. The number of benzene rings is 1. The van der Waals surface area contributed by atoms with Gasteiger partial charge in [-0.1, -0.05) is 24.6 Å². The van der Waals surface area contributed by atoms with Gasteiger partial charge in [-0.3, -0.25) is 4.79 Å². The summed E-state index contributed by atoms with van der Waals surface area (Å²) in [5, 5.41) is 11.1. The average molecular weight is 440 g/mol. The van der Waals surface area contributed by atoms with Crippen molar-refractivity contribution in [1.82, 2.24) is 19.1 Å². The number of rotatable bonds is 7. The van der Waals surface area contributed by atoms with Gasteiger partial charge in [0.15, 0.2) is 5.16 Å². The molecule has 0 spiro atoms. The van der Waals surface area contributed by atoms with E-state index in [9.17, 15) is 13.2 Å². The minimum absolute atomic E-state index is 0.110. The van der Waals surface area contributed by atoms with Crippen LogP contribution in [0.4, 0.5) is 5.69 Å². The SMILES string of the molecule is COc1ccc(S(=O)(=O)N2CCCCCC2)cc1NC(=O)CSc1nncn1C. The van der Waals surface area contributed by atoms with Crippen LogP contribution >= 0.6 is 11.8 Å². The van der Waals surface area contributed by atoms with E-state index < -0.39 is 10.0 Å². The molecule has 1 aliphatic heterocycles. The number of anilines is 1. The zero-order valence-corrected chi connectivity index (χ0v) is 18.1. The van der Waals surface area contributed by atoms with Gasteiger partial charge in [-0.25, -0.2) is 8.42 Å². The van der Waals surface area contributed by atoms with Crippen LogP contribution in [0.2, 0.25) is 0 Å². The molecular formula is C18H25N5O4S2. The molecule has 1 saturated heterocycles. The second-order valence-electron chi connectivity index (χ2n) is 6.74. The Kier molecular flexibility index (Phi) is 7.14. The van der Waals surface area contributed by atoms with E-state index in [1.54, 1.807) is 24.0 Å². The van der Waals surface area contributed by atoms with Crippen molar-refractivity contribution in [3.63, 3.8) is 0 Å². The van der Waals surface area contributed by atoms with Crippen LogP contribution in [-0.2, 0) is 21.9 Å². The second kappa shape index (κ2) is 9.59. The molecule has 9 nitrogen and oxygen atoms in total. The van der Waals surface area contributed by atoms with Gasteiger partial charge in [-0.05, 0) is 31.0 Å². The molecule has 158 valence electrons. The fourth-order valence-electron chi connectivity index (χ4n) is 3.10. The van der Waals surface area contributed by atoms with E-state index in [1.807, 2.05) is 0 Å². The maximum Gasteiger partial charge on any atom is 0.243 e. The fourth-order valence-corrected chi connectivity index (χ4v) is 5.33. The Hall–Kier alpha value is -2.11. The Labute approximate surface area is 174 Å². The van der Waals surface area contributed by atoms with Crippen LogP contribution < -0.4 is 10.1 Å². The molecule has 1 N–H and O–H groups in total. The molecule has 3 rings (SSSR count). The highest BCUT2D eigenvalue weighted by Gasteiger charge is 2.26. The number of carbonyl (C=O) groups excluding carboxylic acids is 1. The molecule has 0 radical (unpaired) electrons. The lowest BCUT2D eigenvalue weighted by Crippen LogP contribution is -2.32. The third kappa shape index (κ3) is 5.28. The summed E-state index contributed by atoms with van der Waals surface area (Å²) in [6.07, 6.45) is 5.36. The Morgan fingerprint density at radius 2 is 1.97 bits per heavy atom. The first-order chi connectivity index (χ1) is 13.9. The number of sulfonamides is 1. The fraction of sp³-hybridized carbons (Fsp3) is 0.500. The summed E-state index contributed by atoms with van der Waals surface area (Å²) in [6.45, 7) is 1.04. The monoisotopic (exact) mass is 439 g/mol. The molecule has 2 heterocycles. The van der Waals surface area contributed by atoms with E-state index in [-0.39, 0.29) is 16.6 Å². The molecule has 1 aliphatic rings. The summed E-state index contributed by atoms with van der Waals surface area (Å²) < 4.78 is 34.6. The largest absolute Gasteiger partial charge is 0.495 e. The first-order valence-corrected chi connectivity index (χ1v) is 11.8. The van der Waals surface area contributed by atoms with Crippen molar-refractivity contribution in [2.24, 2.45) is 7.05 Å². The molecule has 0 bridgehead atoms. The number of nitrogens with one attached hydrogen (secondary N) is 1. The molecule has 0 atom stereocenters. The molecule has 0 saturated carbocycles. The molecular weight excluding hydrogens is 414 g/mol. The first kappa shape index (κ1) is 21.6. The van der Waals surface area contributed by atoms with Gasteiger partial charge in [0.05, 0.1) is 23.4 Å². The van der Waals surface area contributed by atoms with Gasteiger partial charge in [-0.2, -0.15) is 4.31 Å². The molecule has 1 aromatic heterocycles. The minimum atomic E-state index is -3.62. The quantitative estimate of drug-likeness (QED) is 0.659. The number of hydrogen-bond donors (Lipinski definition) is 1. The van der Waals surface area contributed by atoms with Crippen LogP contribution in [0, 0.1) is 0 Å². The van der Waals surface area contributed by atoms with Crippen LogP contribution in [-0.4, -0.2) is 59.3 Å². The van der Waals surface area contributed by atoms with Gasteiger partial charge in [0.1, 0.15) is 12.1 Å². The Bertz CT molecular complexity index is 953. The van der Waals surface area contributed by atoms with Gasteiger partial charge >= 0.3 is 0 Å². The van der Waals surface area contributed by atoms with Crippen molar-refractivity contribution in [3.8, 4) is 5.75 Å². The number of thioether (sulfide) groups is 1. The van der Waals surface area contributed by atoms with Crippen molar-refractivity contribution >= 4 is 33.4 Å². The average Bonchev–Trinajstić information content (AvgIpc) is 2.94. The van der Waals surface area contributed by atoms with Gasteiger partial charge in [0, 0.05) is 20.1 Å². The number of nitrogens with zero attached hydrogens (tertiary/aromatic N) is 4. The number of amides is 1. The topological polar surface area (TPSA) is 106 Å². The number of hydrogen-bond acceptors (Lipinski definition) is 7. The Balaban J connectivity index is 1.75. The molecule has 1 aromatic carbocycles. The lowest BCUT2D eigenvalue weighted by atomic mass is 10.2. The molecule has 1 fully saturated rings. The number of ether oxygens (including phenoxy) is 1. The summed E-state index contributed by atoms with van der Waals surface area (Å²) in [6, 6.07) is 4.54. The number of aromatic nitrogens is 3. The van der Waals surface area contributed by atoms with E-state index in [4.69, 9.17) is 4.74 Å². The minimum Gasteiger partial charge on any atom is -0.495 e. The van der Waals surface area contributed by atoms with Crippen molar-refractivity contribution in [1.29, 1.82) is 0 Å². The highest BCUT2D eigenvalue weighted by Crippen LogP contribution is 2.30. The number of methoxy groups -OCH3 is 1. The number of aryl methyl sites for hydroxylation is 1. The molecule has 0 unspecified atom stereocenters. The predicted molar refractivity (Wildman–Crippen MR) is 111 cm³/mol. The van der Waals surface area contributed by atoms with Crippen LogP contribution in [0.25, 0.3) is 0 Å². The van der Waals surface area contributed by atoms with E-state index >= 15 is 0 Å². The summed E-state index contributed by atoms with van der Waals surface area (Å²) in [7, 11) is -0.356. The zero-order chi connectivity index (χ0) is 20.9. The van der Waals surface area contributed by atoms with Crippen LogP contribution in [0.3, 0.4) is 0 Å². The summed E-state index contributed by atoms with van der Waals surface area (Å²) >= 11 is 1.24. The van der Waals surface area contributed by atoms with Gasteiger partial charge < -0.3 is 14.6 Å². The molecule has 0 aliphatic carbocycles. The van der Waals surface area contributed by atoms with Crippen molar-refractivity contribution in [3.05, 3.63) is 24.5 Å². The predicted octanol–water partition coefficient (Wildman–Crippen LogP) is 2.12. The Morgan fingerprint density at radius 1 is 1.24 bits per heavy atom. The lowest BCUT2D eigenvalue weighted by Gasteiger charge is -2.21. The molecule has 29 heavy (non-hydrogen) atoms. The second-order valence-corrected chi connectivity index (χ2v) is 9.62. The Morgan fingerprint density at radius 3 is 2.59 bits per heavy atom. The third-order valence-corrected chi connectivity index (χ3v) is 7.58. The lowest BCUT2D eigenvalue weighted by molar-refractivity contribution is -0.113. The van der Waals surface area contributed by atoms with Crippen molar-refractivity contribution < 1.29 is 17.9 Å². The van der Waals surface area contributed by atoms with Crippen molar-refractivity contribution in [2.75, 3.05) is 31.3 Å². The summed E-state index contributed by atoms with van der Waals surface area (Å²) in [5.41, 5.74) is 0.326. The summed E-state index contributed by atoms with van der Waals surface area (Å²) in [5.74, 6) is 0.219. The standard InChI is InChI=1S/C18H25N5O4S2/c1-22-13-19-21-18(22)28-12-17(24)20-15-11-14(7-8-16(15)27-2)29(25,26)23-9-5-3-4-6-10-23/h7-8,11,13H,3-6,9-10,12H2,1-2H3,(H,20,24). The highest BCUT2D eigenvalue weighted by atomic mass is 32.2. The van der Waals surface area contributed by atoms with Gasteiger partial charge in [-0.15, -0.1) is 10.2 Å². The zero-order valence-electron chi connectivity index (χ0n) is 16.5. The van der Waals surface area contributed by atoms with E-state index in [2.05, 4.69) is 15.5 Å². The molecule has 11 heteroatoms. The van der Waals surface area contributed by atoms with Crippen molar-refractivity contribution in [2.45, 2.75) is 35.7 Å². The maximum absolute atomic E-state index is 13.0. The van der Waals surface area contributed by atoms with E-state index in [0.717, 1.165) is 25.7 Å². The molecule has 2 aromatic rings. The highest BCUT2D eigenvalue weighted by molar-refractivity contribution is 7.99. The van der Waals surface area contributed by atoms with Crippen LogP contribution in [0.1, 0.15) is 25.7 Å². The normalized spacial score (nSPS) is 15.7. The maximum atomic E-state index is 13.0. The smallest absolute Gasteiger partial charge is 0.243 e. The number of carbonyl (C=O) groups is 1. The van der Waals surface area contributed by atoms with Gasteiger partial charge in [0.2, 0.25) is 15.9 Å². The molecule has 1 amide bonds. The van der Waals surface area contributed by atoms with Crippen LogP contribution in [0.15, 0.2) is 34.6 Å². The third-order valence-electron chi connectivity index (χ3n) is 4.65.